The summed E-state index contributed by atoms with van der Waals surface area (Å²) >= 11 is 0. The summed E-state index contributed by atoms with van der Waals surface area (Å²) in [5.41, 5.74) is 8.38. The molecule has 2 N–H and O–H groups in total. The number of likely N-dealkylation sites (N-methyl/N-ethyl adjacent to an activating group) is 1. The normalized spacial score (nSPS) is 14.0. The number of nitrogens with one attached hydrogen (secondary N) is 2. The van der Waals surface area contributed by atoms with Gasteiger partial charge in [0.25, 0.3) is 0 Å². The highest BCUT2D eigenvalue weighted by molar-refractivity contribution is 6.08. The molecule has 5 rings (SSSR count). The van der Waals surface area contributed by atoms with Crippen LogP contribution in [0.15, 0.2) is 61.3 Å². The van der Waals surface area contributed by atoms with Crippen LogP contribution in [-0.4, -0.2) is 66.1 Å². The molecule has 0 aliphatic carbocycles. The van der Waals surface area contributed by atoms with Gasteiger partial charge in [-0.25, -0.2) is 9.78 Å². The quantitative estimate of drug-likeness (QED) is 0.218. The average Bonchev–Trinajstić information content (AvgIpc) is 3.35. The number of hydrogen-bond acceptors (Lipinski definition) is 6. The van der Waals surface area contributed by atoms with Crippen molar-refractivity contribution < 1.29 is 14.3 Å². The maximum Gasteiger partial charge on any atom is 0.340 e. The van der Waals surface area contributed by atoms with Crippen molar-refractivity contribution in [1.82, 2.24) is 14.9 Å². The van der Waals surface area contributed by atoms with Crippen molar-refractivity contribution in [1.29, 1.82) is 0 Å². The third kappa shape index (κ3) is 5.74. The first-order chi connectivity index (χ1) is 19.7. The van der Waals surface area contributed by atoms with Crippen LogP contribution in [0.25, 0.3) is 33.4 Å². The molecule has 41 heavy (non-hydrogen) atoms. The number of carbonyl (C=O) groups excluding carboxylic acids is 2. The van der Waals surface area contributed by atoms with Crippen molar-refractivity contribution in [2.24, 2.45) is 0 Å². The second-order valence-electron chi connectivity index (χ2n) is 10.9. The van der Waals surface area contributed by atoms with E-state index in [0.29, 0.717) is 16.9 Å². The lowest BCUT2D eigenvalue weighted by molar-refractivity contribution is -0.111. The molecule has 212 valence electrons. The van der Waals surface area contributed by atoms with E-state index in [9.17, 15) is 9.59 Å². The summed E-state index contributed by atoms with van der Waals surface area (Å²) in [6.45, 7) is 15.2. The number of aryl methyl sites for hydroxylation is 2. The Morgan fingerprint density at radius 3 is 2.39 bits per heavy atom. The number of nitrogens with zero attached hydrogens (tertiary/aromatic N) is 3. The van der Waals surface area contributed by atoms with E-state index in [1.807, 2.05) is 45.9 Å². The van der Waals surface area contributed by atoms with Crippen LogP contribution >= 0.6 is 0 Å². The fourth-order valence-electron chi connectivity index (χ4n) is 5.30. The molecule has 2 aromatic carbocycles. The van der Waals surface area contributed by atoms with Crippen LogP contribution in [0.1, 0.15) is 35.3 Å². The zero-order chi connectivity index (χ0) is 29.3. The SMILES string of the molecule is C=CC(=O)Nc1cc(-c2c(-c3ccc(N4CCN(C)CC4)cc3)[nH]c3ncc(C(=O)OC(C)C)c(C)c23)ccc1C. The van der Waals surface area contributed by atoms with E-state index in [0.717, 1.165) is 65.1 Å². The molecule has 8 heteroatoms. The summed E-state index contributed by atoms with van der Waals surface area (Å²) in [7, 11) is 2.15. The van der Waals surface area contributed by atoms with Crippen molar-refractivity contribution in [3.8, 4) is 22.4 Å². The largest absolute Gasteiger partial charge is 0.459 e. The lowest BCUT2D eigenvalue weighted by atomic mass is 9.94. The third-order valence-electron chi connectivity index (χ3n) is 7.64. The highest BCUT2D eigenvalue weighted by atomic mass is 16.5. The van der Waals surface area contributed by atoms with Gasteiger partial charge >= 0.3 is 5.97 Å². The van der Waals surface area contributed by atoms with Gasteiger partial charge in [0, 0.05) is 54.7 Å². The van der Waals surface area contributed by atoms with Gasteiger partial charge in [0.05, 0.1) is 17.4 Å². The second kappa shape index (κ2) is 11.6. The number of amides is 1. The Bertz CT molecular complexity index is 1610. The predicted molar refractivity (Wildman–Crippen MR) is 166 cm³/mol. The zero-order valence-corrected chi connectivity index (χ0v) is 24.4. The molecule has 8 nitrogen and oxygen atoms in total. The first-order valence-corrected chi connectivity index (χ1v) is 14.0. The van der Waals surface area contributed by atoms with Gasteiger partial charge in [-0.05, 0) is 81.3 Å². The van der Waals surface area contributed by atoms with E-state index >= 15 is 0 Å². The summed E-state index contributed by atoms with van der Waals surface area (Å²) < 4.78 is 5.52. The van der Waals surface area contributed by atoms with E-state index in [1.165, 1.54) is 11.8 Å². The molecule has 0 spiro atoms. The molecule has 3 heterocycles. The maximum atomic E-state index is 13.0. The number of rotatable bonds is 7. The van der Waals surface area contributed by atoms with Crippen LogP contribution in [0, 0.1) is 13.8 Å². The standard InChI is InChI=1S/C33H37N5O3/c1-7-28(39)35-27-18-24(9-8-21(27)4)30-29-22(5)26(33(40)41-20(2)3)19-34-32(29)36-31(30)23-10-12-25(13-11-23)38-16-14-37(6)15-17-38/h7-13,18-20H,1,14-17H2,2-6H3,(H,34,36)(H,35,39). The van der Waals surface area contributed by atoms with Crippen LogP contribution in [0.2, 0.25) is 0 Å². The van der Waals surface area contributed by atoms with E-state index in [2.05, 4.69) is 63.0 Å². The Morgan fingerprint density at radius 2 is 1.73 bits per heavy atom. The van der Waals surface area contributed by atoms with E-state index in [4.69, 9.17) is 4.74 Å². The molecule has 1 aliphatic rings. The van der Waals surface area contributed by atoms with Crippen molar-refractivity contribution in [2.45, 2.75) is 33.8 Å². The first kappa shape index (κ1) is 28.1. The molecule has 0 bridgehead atoms. The lowest BCUT2D eigenvalue weighted by Gasteiger charge is -2.34. The van der Waals surface area contributed by atoms with Gasteiger partial charge in [-0.2, -0.15) is 0 Å². The summed E-state index contributed by atoms with van der Waals surface area (Å²) in [6, 6.07) is 14.5. The molecular formula is C33H37N5O3. The summed E-state index contributed by atoms with van der Waals surface area (Å²) in [5.74, 6) is -0.680. The van der Waals surface area contributed by atoms with Crippen molar-refractivity contribution in [3.05, 3.63) is 78.0 Å². The Morgan fingerprint density at radius 1 is 1.05 bits per heavy atom. The topological polar surface area (TPSA) is 90.6 Å². The van der Waals surface area contributed by atoms with Gasteiger partial charge in [-0.3, -0.25) is 4.79 Å². The number of H-pyrrole nitrogens is 1. The summed E-state index contributed by atoms with van der Waals surface area (Å²) in [5, 5.41) is 3.76. The Hall–Kier alpha value is -4.43. The number of benzene rings is 2. The van der Waals surface area contributed by atoms with Crippen LogP contribution in [0.5, 0.6) is 0 Å². The van der Waals surface area contributed by atoms with E-state index in [-0.39, 0.29) is 12.0 Å². The highest BCUT2D eigenvalue weighted by Gasteiger charge is 2.23. The maximum absolute atomic E-state index is 13.0. The molecule has 1 aliphatic heterocycles. The number of pyridine rings is 1. The molecular weight excluding hydrogens is 514 g/mol. The number of piperazine rings is 1. The fraction of sp³-hybridized carbons (Fsp3) is 0.303. The number of aromatic amines is 1. The molecule has 0 unspecified atom stereocenters. The molecule has 1 saturated heterocycles. The lowest BCUT2D eigenvalue weighted by Crippen LogP contribution is -2.44. The highest BCUT2D eigenvalue weighted by Crippen LogP contribution is 2.41. The van der Waals surface area contributed by atoms with Crippen molar-refractivity contribution >= 4 is 34.3 Å². The van der Waals surface area contributed by atoms with E-state index < -0.39 is 5.97 Å². The Kier molecular flexibility index (Phi) is 7.94. The van der Waals surface area contributed by atoms with Crippen molar-refractivity contribution in [3.63, 3.8) is 0 Å². The number of carbonyl (C=O) groups is 2. The molecule has 1 fully saturated rings. The molecule has 0 saturated carbocycles. The van der Waals surface area contributed by atoms with Gasteiger partial charge < -0.3 is 24.8 Å². The van der Waals surface area contributed by atoms with Crippen LogP contribution < -0.4 is 10.2 Å². The van der Waals surface area contributed by atoms with E-state index in [1.54, 1.807) is 6.20 Å². The van der Waals surface area contributed by atoms with Crippen LogP contribution in [-0.2, 0) is 9.53 Å². The minimum Gasteiger partial charge on any atom is -0.459 e. The first-order valence-electron chi connectivity index (χ1n) is 14.0. The Labute approximate surface area is 241 Å². The zero-order valence-electron chi connectivity index (χ0n) is 24.4. The van der Waals surface area contributed by atoms with Crippen LogP contribution in [0.3, 0.4) is 0 Å². The summed E-state index contributed by atoms with van der Waals surface area (Å²) in [6.07, 6.45) is 2.59. The van der Waals surface area contributed by atoms with Gasteiger partial charge in [0.1, 0.15) is 5.65 Å². The Balaban J connectivity index is 1.67. The number of ether oxygens (including phenoxy) is 1. The molecule has 4 aromatic rings. The van der Waals surface area contributed by atoms with Crippen molar-refractivity contribution in [2.75, 3.05) is 43.4 Å². The number of esters is 1. The van der Waals surface area contributed by atoms with Gasteiger partial charge in [0.15, 0.2) is 0 Å². The fourth-order valence-corrected chi connectivity index (χ4v) is 5.30. The minimum atomic E-state index is -0.403. The van der Waals surface area contributed by atoms with Gasteiger partial charge in [-0.1, -0.05) is 30.8 Å². The van der Waals surface area contributed by atoms with Gasteiger partial charge in [-0.15, -0.1) is 0 Å². The number of hydrogen-bond donors (Lipinski definition) is 2. The monoisotopic (exact) mass is 551 g/mol. The molecule has 1 amide bonds. The second-order valence-corrected chi connectivity index (χ2v) is 10.9. The predicted octanol–water partition coefficient (Wildman–Crippen LogP) is 5.96. The number of anilines is 2. The third-order valence-corrected chi connectivity index (χ3v) is 7.64. The number of fused-ring (bicyclic) bond motifs is 1. The number of aromatic nitrogens is 2. The molecule has 0 atom stereocenters. The molecule has 0 radical (unpaired) electrons. The van der Waals surface area contributed by atoms with Crippen LogP contribution in [0.4, 0.5) is 11.4 Å². The van der Waals surface area contributed by atoms with Gasteiger partial charge in [0.2, 0.25) is 5.91 Å². The smallest absolute Gasteiger partial charge is 0.340 e. The molecule has 2 aromatic heterocycles. The minimum absolute atomic E-state index is 0.245. The average molecular weight is 552 g/mol. The summed E-state index contributed by atoms with van der Waals surface area (Å²) in [4.78, 5) is 38.1.